The van der Waals surface area contributed by atoms with Gasteiger partial charge in [-0.05, 0) is 30.8 Å². The summed E-state index contributed by atoms with van der Waals surface area (Å²) in [6.07, 6.45) is 1.24. The average molecular weight is 405 g/mol. The zero-order valence-electron chi connectivity index (χ0n) is 12.7. The first-order chi connectivity index (χ1) is 11.7. The molecule has 0 unspecified atom stereocenters. The standard InChI is InChI=1S/C14H10Cl2N2O6S/c1-2-24-12(19)6-17-13(20)11(25-14(17)21)4-7-3-10(18(22)23)9(16)5-8(7)15/h3-5H,2,6H2,1H3/b11-4-. The van der Waals surface area contributed by atoms with Crippen molar-refractivity contribution in [3.63, 3.8) is 0 Å². The summed E-state index contributed by atoms with van der Waals surface area (Å²) in [6, 6.07) is 2.28. The first-order valence-corrected chi connectivity index (χ1v) is 8.36. The molecule has 8 nitrogen and oxygen atoms in total. The Morgan fingerprint density at radius 3 is 2.64 bits per heavy atom. The molecule has 2 amide bonds. The molecule has 0 spiro atoms. The summed E-state index contributed by atoms with van der Waals surface area (Å²) in [4.78, 5) is 46.6. The predicted octanol–water partition coefficient (Wildman–Crippen LogP) is 3.50. The molecule has 1 aliphatic rings. The van der Waals surface area contributed by atoms with Crippen LogP contribution >= 0.6 is 35.0 Å². The van der Waals surface area contributed by atoms with Crippen LogP contribution in [0.4, 0.5) is 10.5 Å². The Morgan fingerprint density at radius 1 is 1.36 bits per heavy atom. The van der Waals surface area contributed by atoms with Crippen LogP contribution in [0.15, 0.2) is 17.0 Å². The normalized spacial score (nSPS) is 15.8. The summed E-state index contributed by atoms with van der Waals surface area (Å²) >= 11 is 12.3. The molecule has 0 atom stereocenters. The highest BCUT2D eigenvalue weighted by atomic mass is 35.5. The minimum absolute atomic E-state index is 0.0205. The largest absolute Gasteiger partial charge is 0.465 e. The minimum Gasteiger partial charge on any atom is -0.465 e. The molecule has 0 saturated carbocycles. The molecule has 11 heteroatoms. The van der Waals surface area contributed by atoms with Gasteiger partial charge in [0.15, 0.2) is 0 Å². The van der Waals surface area contributed by atoms with Crippen molar-refractivity contribution in [1.29, 1.82) is 0 Å². The number of amides is 2. The van der Waals surface area contributed by atoms with E-state index in [2.05, 4.69) is 0 Å². The second-order valence-electron chi connectivity index (χ2n) is 4.66. The van der Waals surface area contributed by atoms with Crippen LogP contribution in [0.1, 0.15) is 12.5 Å². The third-order valence-corrected chi connectivity index (χ3v) is 4.55. The molecule has 132 valence electrons. The number of nitrogens with zero attached hydrogens (tertiary/aromatic N) is 2. The van der Waals surface area contributed by atoms with Crippen molar-refractivity contribution in [2.45, 2.75) is 6.92 Å². The van der Waals surface area contributed by atoms with Gasteiger partial charge in [-0.2, -0.15) is 0 Å². The van der Waals surface area contributed by atoms with Gasteiger partial charge in [-0.25, -0.2) is 0 Å². The molecule has 0 bridgehead atoms. The zero-order chi connectivity index (χ0) is 18.7. The van der Waals surface area contributed by atoms with Gasteiger partial charge in [-0.1, -0.05) is 23.2 Å². The highest BCUT2D eigenvalue weighted by Gasteiger charge is 2.36. The highest BCUT2D eigenvalue weighted by molar-refractivity contribution is 8.18. The van der Waals surface area contributed by atoms with Crippen LogP contribution < -0.4 is 0 Å². The van der Waals surface area contributed by atoms with Crippen molar-refractivity contribution in [3.8, 4) is 0 Å². The summed E-state index contributed by atoms with van der Waals surface area (Å²) in [5, 5.41) is 10.2. The fourth-order valence-electron chi connectivity index (χ4n) is 1.92. The van der Waals surface area contributed by atoms with Crippen LogP contribution in [0.25, 0.3) is 6.08 Å². The van der Waals surface area contributed by atoms with Crippen LogP contribution in [-0.2, 0) is 14.3 Å². The Labute approximate surface area is 155 Å². The van der Waals surface area contributed by atoms with Crippen LogP contribution in [-0.4, -0.2) is 40.1 Å². The molecule has 1 aliphatic heterocycles. The number of hydrogen-bond acceptors (Lipinski definition) is 7. The average Bonchev–Trinajstić information content (AvgIpc) is 2.77. The third-order valence-electron chi connectivity index (χ3n) is 3.02. The molecule has 1 heterocycles. The van der Waals surface area contributed by atoms with Gasteiger partial charge in [-0.3, -0.25) is 29.4 Å². The Bertz CT molecular complexity index is 811. The number of hydrogen-bond donors (Lipinski definition) is 0. The van der Waals surface area contributed by atoms with E-state index in [1.807, 2.05) is 0 Å². The lowest BCUT2D eigenvalue weighted by atomic mass is 10.2. The van der Waals surface area contributed by atoms with Gasteiger partial charge in [0.2, 0.25) is 0 Å². The number of esters is 1. The highest BCUT2D eigenvalue weighted by Crippen LogP contribution is 2.36. The van der Waals surface area contributed by atoms with E-state index in [1.54, 1.807) is 6.92 Å². The molecule has 0 radical (unpaired) electrons. The third kappa shape index (κ3) is 4.30. The number of halogens is 2. The fraction of sp³-hybridized carbons (Fsp3) is 0.214. The van der Waals surface area contributed by atoms with E-state index in [-0.39, 0.29) is 32.8 Å². The van der Waals surface area contributed by atoms with E-state index in [1.165, 1.54) is 12.1 Å². The number of nitro groups is 1. The van der Waals surface area contributed by atoms with Gasteiger partial charge in [0.25, 0.3) is 16.8 Å². The molecule has 0 N–H and O–H groups in total. The maximum absolute atomic E-state index is 12.3. The first kappa shape index (κ1) is 19.2. The summed E-state index contributed by atoms with van der Waals surface area (Å²) < 4.78 is 4.70. The zero-order valence-corrected chi connectivity index (χ0v) is 15.0. The number of nitro benzene ring substituents is 1. The maximum atomic E-state index is 12.3. The minimum atomic E-state index is -0.716. The molecule has 1 saturated heterocycles. The first-order valence-electron chi connectivity index (χ1n) is 6.79. The number of carbonyl (C=O) groups excluding carboxylic acids is 3. The molecular formula is C14H10Cl2N2O6S. The van der Waals surface area contributed by atoms with E-state index in [4.69, 9.17) is 27.9 Å². The van der Waals surface area contributed by atoms with Crippen molar-refractivity contribution < 1.29 is 24.0 Å². The van der Waals surface area contributed by atoms with Crippen molar-refractivity contribution in [1.82, 2.24) is 4.90 Å². The van der Waals surface area contributed by atoms with E-state index < -0.39 is 28.6 Å². The molecule has 0 aromatic heterocycles. The number of thioether (sulfide) groups is 1. The fourth-order valence-corrected chi connectivity index (χ4v) is 3.25. The van der Waals surface area contributed by atoms with Crippen molar-refractivity contribution >= 4 is 63.8 Å². The summed E-state index contributed by atoms with van der Waals surface area (Å²) in [6.45, 7) is 1.21. The number of carbonyl (C=O) groups is 3. The summed E-state index contributed by atoms with van der Waals surface area (Å²) in [5.41, 5.74) is -0.234. The van der Waals surface area contributed by atoms with Gasteiger partial charge in [-0.15, -0.1) is 0 Å². The van der Waals surface area contributed by atoms with Crippen molar-refractivity contribution in [3.05, 3.63) is 42.8 Å². The molecule has 1 aromatic rings. The maximum Gasteiger partial charge on any atom is 0.326 e. The van der Waals surface area contributed by atoms with E-state index in [9.17, 15) is 24.5 Å². The monoisotopic (exact) mass is 404 g/mol. The number of imide groups is 1. The molecule has 0 aliphatic carbocycles. The lowest BCUT2D eigenvalue weighted by Crippen LogP contribution is -2.34. The summed E-state index contributed by atoms with van der Waals surface area (Å²) in [5.74, 6) is -1.43. The number of ether oxygens (including phenoxy) is 1. The van der Waals surface area contributed by atoms with E-state index >= 15 is 0 Å². The van der Waals surface area contributed by atoms with Crippen LogP contribution in [0, 0.1) is 10.1 Å². The lowest BCUT2D eigenvalue weighted by Gasteiger charge is -2.10. The second kappa shape index (κ2) is 7.85. The Kier molecular flexibility index (Phi) is 6.04. The topological polar surface area (TPSA) is 107 Å². The molecular weight excluding hydrogens is 395 g/mol. The van der Waals surface area contributed by atoms with Crippen LogP contribution in [0.3, 0.4) is 0 Å². The van der Waals surface area contributed by atoms with E-state index in [0.29, 0.717) is 11.8 Å². The Morgan fingerprint density at radius 2 is 2.04 bits per heavy atom. The van der Waals surface area contributed by atoms with Crippen LogP contribution in [0.2, 0.25) is 10.0 Å². The Hall–Kier alpha value is -2.10. The number of benzene rings is 1. The van der Waals surface area contributed by atoms with Gasteiger partial charge in [0, 0.05) is 16.7 Å². The predicted molar refractivity (Wildman–Crippen MR) is 92.4 cm³/mol. The lowest BCUT2D eigenvalue weighted by molar-refractivity contribution is -0.384. The van der Waals surface area contributed by atoms with Crippen molar-refractivity contribution in [2.24, 2.45) is 0 Å². The Balaban J connectivity index is 2.32. The van der Waals surface area contributed by atoms with Gasteiger partial charge < -0.3 is 4.74 Å². The van der Waals surface area contributed by atoms with E-state index in [0.717, 1.165) is 11.0 Å². The van der Waals surface area contributed by atoms with Crippen LogP contribution in [0.5, 0.6) is 0 Å². The molecule has 25 heavy (non-hydrogen) atoms. The van der Waals surface area contributed by atoms with Gasteiger partial charge in [0.1, 0.15) is 11.6 Å². The smallest absolute Gasteiger partial charge is 0.326 e. The second-order valence-corrected chi connectivity index (χ2v) is 6.46. The molecule has 1 fully saturated rings. The van der Waals surface area contributed by atoms with Gasteiger partial charge in [0.05, 0.1) is 16.4 Å². The molecule has 2 rings (SSSR count). The summed E-state index contributed by atoms with van der Waals surface area (Å²) in [7, 11) is 0. The molecule has 1 aromatic carbocycles. The van der Waals surface area contributed by atoms with Gasteiger partial charge >= 0.3 is 5.97 Å². The SMILES string of the molecule is CCOC(=O)CN1C(=O)S/C(=C\c2cc([N+](=O)[O-])c(Cl)cc2Cl)C1=O. The quantitative estimate of drug-likeness (QED) is 0.319. The number of rotatable bonds is 5. The van der Waals surface area contributed by atoms with Crippen molar-refractivity contribution in [2.75, 3.05) is 13.2 Å².